The fourth-order valence-corrected chi connectivity index (χ4v) is 2.83. The highest BCUT2D eigenvalue weighted by molar-refractivity contribution is 5.90. The molecule has 3 aromatic rings. The second kappa shape index (κ2) is 7.11. The monoisotopic (exact) mass is 358 g/mol. The Morgan fingerprint density at radius 3 is 2.50 bits per heavy atom. The first kappa shape index (κ1) is 17.8. The minimum atomic E-state index is -2.57. The number of aromatic nitrogens is 2. The summed E-state index contributed by atoms with van der Waals surface area (Å²) in [4.78, 5) is 8.88. The lowest BCUT2D eigenvalue weighted by Crippen LogP contribution is -2.10. The molecule has 1 atom stereocenters. The number of nitrogens with two attached hydrogens (primary N) is 1. The van der Waals surface area contributed by atoms with Crippen molar-refractivity contribution < 1.29 is 13.5 Å². The Hall–Kier alpha value is -2.96. The predicted molar refractivity (Wildman–Crippen MR) is 98.7 cm³/mol. The van der Waals surface area contributed by atoms with Crippen LogP contribution in [0.1, 0.15) is 36.3 Å². The van der Waals surface area contributed by atoms with Gasteiger partial charge in [-0.3, -0.25) is 0 Å². The molecule has 0 aliphatic rings. The molecule has 3 rings (SSSR count). The van der Waals surface area contributed by atoms with E-state index in [0.717, 1.165) is 10.9 Å². The first-order valence-corrected chi connectivity index (χ1v) is 8.15. The number of nitrogen functional groups attached to an aromatic ring is 1. The molecule has 0 amide bonds. The van der Waals surface area contributed by atoms with Crippen molar-refractivity contribution in [2.45, 2.75) is 26.3 Å². The number of hydrogen-bond acceptors (Lipinski definition) is 5. The molecule has 3 N–H and O–H groups in total. The van der Waals surface area contributed by atoms with Gasteiger partial charge >= 0.3 is 0 Å². The smallest absolute Gasteiger partial charge is 0.263 e. The molecular formula is C19H20F2N4O. The molecule has 0 aliphatic carbocycles. The predicted octanol–water partition coefficient (Wildman–Crippen LogP) is 4.64. The van der Waals surface area contributed by atoms with Crippen LogP contribution < -0.4 is 15.8 Å². The molecule has 0 saturated heterocycles. The van der Waals surface area contributed by atoms with Crippen LogP contribution in [-0.2, 0) is 0 Å². The summed E-state index contributed by atoms with van der Waals surface area (Å²) in [6.07, 6.45) is -2.57. The third-order valence-corrected chi connectivity index (χ3v) is 4.12. The fourth-order valence-electron chi connectivity index (χ4n) is 2.83. The standard InChI is InChI=1S/C19H20F2N4O/c1-10(12-6-13(18(20)21)8-14(22)7-12)23-19-16-9-15(26-3)4-5-17(16)24-11(2)25-19/h4-10,18H,22H2,1-3H3,(H,23,24,25)/t10-/m1/s1. The summed E-state index contributed by atoms with van der Waals surface area (Å²) in [5, 5.41) is 4.07. The molecule has 0 saturated carbocycles. The molecule has 1 heterocycles. The summed E-state index contributed by atoms with van der Waals surface area (Å²) in [5.74, 6) is 1.91. The van der Waals surface area contributed by atoms with E-state index >= 15 is 0 Å². The molecule has 0 fully saturated rings. The van der Waals surface area contributed by atoms with Crippen LogP contribution in [0.3, 0.4) is 0 Å². The van der Waals surface area contributed by atoms with Crippen molar-refractivity contribution in [2.24, 2.45) is 0 Å². The number of aryl methyl sites for hydroxylation is 1. The molecule has 0 unspecified atom stereocenters. The maximum atomic E-state index is 13.1. The average Bonchev–Trinajstić information content (AvgIpc) is 2.60. The first-order chi connectivity index (χ1) is 12.4. The van der Waals surface area contributed by atoms with Crippen LogP contribution in [0.25, 0.3) is 10.9 Å². The van der Waals surface area contributed by atoms with Gasteiger partial charge in [0.05, 0.1) is 18.7 Å². The van der Waals surface area contributed by atoms with Gasteiger partial charge in [0.25, 0.3) is 6.43 Å². The van der Waals surface area contributed by atoms with Crippen molar-refractivity contribution in [2.75, 3.05) is 18.2 Å². The van der Waals surface area contributed by atoms with Gasteiger partial charge in [-0.2, -0.15) is 0 Å². The van der Waals surface area contributed by atoms with E-state index in [-0.39, 0.29) is 11.6 Å². The number of ether oxygens (including phenoxy) is 1. The lowest BCUT2D eigenvalue weighted by atomic mass is 10.0. The summed E-state index contributed by atoms with van der Waals surface area (Å²) >= 11 is 0. The molecule has 0 spiro atoms. The molecule has 0 radical (unpaired) electrons. The first-order valence-electron chi connectivity index (χ1n) is 8.15. The van der Waals surface area contributed by atoms with Gasteiger partial charge in [-0.05, 0) is 55.8 Å². The number of hydrogen-bond donors (Lipinski definition) is 2. The van der Waals surface area contributed by atoms with Crippen molar-refractivity contribution in [3.63, 3.8) is 0 Å². The summed E-state index contributed by atoms with van der Waals surface area (Å²) in [6.45, 7) is 3.67. The minimum Gasteiger partial charge on any atom is -0.497 e. The highest BCUT2D eigenvalue weighted by Crippen LogP contribution is 2.30. The summed E-state index contributed by atoms with van der Waals surface area (Å²) < 4.78 is 31.4. The number of rotatable bonds is 5. The maximum absolute atomic E-state index is 13.1. The molecule has 136 valence electrons. The van der Waals surface area contributed by atoms with E-state index in [4.69, 9.17) is 10.5 Å². The average molecular weight is 358 g/mol. The Labute approximate surface area is 150 Å². The fraction of sp³-hybridized carbons (Fsp3) is 0.263. The molecule has 0 bridgehead atoms. The lowest BCUT2D eigenvalue weighted by Gasteiger charge is -2.18. The number of halogens is 2. The number of nitrogens with zero attached hydrogens (tertiary/aromatic N) is 2. The molecule has 26 heavy (non-hydrogen) atoms. The van der Waals surface area contributed by atoms with Crippen LogP contribution in [0.4, 0.5) is 20.3 Å². The molecule has 5 nitrogen and oxygen atoms in total. The van der Waals surface area contributed by atoms with Crippen molar-refractivity contribution in [1.29, 1.82) is 0 Å². The number of nitrogens with one attached hydrogen (secondary N) is 1. The highest BCUT2D eigenvalue weighted by Gasteiger charge is 2.15. The van der Waals surface area contributed by atoms with E-state index in [1.807, 2.05) is 25.1 Å². The molecule has 1 aromatic heterocycles. The Morgan fingerprint density at radius 1 is 1.08 bits per heavy atom. The zero-order valence-electron chi connectivity index (χ0n) is 14.8. The molecular weight excluding hydrogens is 338 g/mol. The Kier molecular flexibility index (Phi) is 4.88. The Bertz CT molecular complexity index is 946. The van der Waals surface area contributed by atoms with Gasteiger partial charge in [-0.1, -0.05) is 0 Å². The number of methoxy groups -OCH3 is 1. The normalized spacial score (nSPS) is 12.4. The van der Waals surface area contributed by atoms with Gasteiger partial charge in [0.2, 0.25) is 0 Å². The van der Waals surface area contributed by atoms with Gasteiger partial charge in [-0.25, -0.2) is 18.7 Å². The Balaban J connectivity index is 2.00. The maximum Gasteiger partial charge on any atom is 0.263 e. The number of alkyl halides is 2. The molecule has 2 aromatic carbocycles. The van der Waals surface area contributed by atoms with Gasteiger partial charge in [0, 0.05) is 16.6 Å². The van der Waals surface area contributed by atoms with Crippen molar-refractivity contribution in [3.8, 4) is 5.75 Å². The largest absolute Gasteiger partial charge is 0.497 e. The van der Waals surface area contributed by atoms with Gasteiger partial charge in [0.1, 0.15) is 17.4 Å². The molecule has 0 aliphatic heterocycles. The van der Waals surface area contributed by atoms with Crippen LogP contribution >= 0.6 is 0 Å². The van der Waals surface area contributed by atoms with Crippen LogP contribution in [0.15, 0.2) is 36.4 Å². The van der Waals surface area contributed by atoms with Crippen LogP contribution in [0.5, 0.6) is 5.75 Å². The quantitative estimate of drug-likeness (QED) is 0.650. The topological polar surface area (TPSA) is 73.1 Å². The second-order valence-corrected chi connectivity index (χ2v) is 6.10. The van der Waals surface area contributed by atoms with E-state index in [0.29, 0.717) is 28.6 Å². The Morgan fingerprint density at radius 2 is 1.81 bits per heavy atom. The van der Waals surface area contributed by atoms with Crippen molar-refractivity contribution in [1.82, 2.24) is 9.97 Å². The van der Waals surface area contributed by atoms with E-state index in [1.165, 1.54) is 12.1 Å². The number of benzene rings is 2. The van der Waals surface area contributed by atoms with Gasteiger partial charge < -0.3 is 15.8 Å². The van der Waals surface area contributed by atoms with E-state index in [1.54, 1.807) is 20.1 Å². The number of anilines is 2. The van der Waals surface area contributed by atoms with Crippen LogP contribution in [-0.4, -0.2) is 17.1 Å². The van der Waals surface area contributed by atoms with E-state index in [2.05, 4.69) is 15.3 Å². The van der Waals surface area contributed by atoms with Crippen molar-refractivity contribution in [3.05, 3.63) is 53.3 Å². The highest BCUT2D eigenvalue weighted by atomic mass is 19.3. The van der Waals surface area contributed by atoms with Crippen molar-refractivity contribution >= 4 is 22.4 Å². The lowest BCUT2D eigenvalue weighted by molar-refractivity contribution is 0.151. The van der Waals surface area contributed by atoms with Gasteiger partial charge in [0.15, 0.2) is 0 Å². The minimum absolute atomic E-state index is 0.0981. The third-order valence-electron chi connectivity index (χ3n) is 4.12. The second-order valence-electron chi connectivity index (χ2n) is 6.10. The van der Waals surface area contributed by atoms with Crippen LogP contribution in [0, 0.1) is 6.92 Å². The SMILES string of the molecule is COc1ccc2nc(C)nc(N[C@H](C)c3cc(N)cc(C(F)F)c3)c2c1. The van der Waals surface area contributed by atoms with Gasteiger partial charge in [-0.15, -0.1) is 0 Å². The summed E-state index contributed by atoms with van der Waals surface area (Å²) in [6, 6.07) is 9.67. The third kappa shape index (κ3) is 3.66. The number of fused-ring (bicyclic) bond motifs is 1. The molecule has 7 heteroatoms. The summed E-state index contributed by atoms with van der Waals surface area (Å²) in [7, 11) is 1.59. The summed E-state index contributed by atoms with van der Waals surface area (Å²) in [5.41, 5.74) is 7.41. The van der Waals surface area contributed by atoms with E-state index < -0.39 is 6.43 Å². The zero-order chi connectivity index (χ0) is 18.8. The zero-order valence-corrected chi connectivity index (χ0v) is 14.8. The van der Waals surface area contributed by atoms with E-state index in [9.17, 15) is 8.78 Å². The van der Waals surface area contributed by atoms with Crippen LogP contribution in [0.2, 0.25) is 0 Å².